The number of rotatable bonds is 10. The van der Waals surface area contributed by atoms with Gasteiger partial charge in [0, 0.05) is 32.2 Å². The molecule has 0 aliphatic carbocycles. The van der Waals surface area contributed by atoms with Gasteiger partial charge < -0.3 is 20.1 Å². The Hall–Kier alpha value is -1.11. The predicted molar refractivity (Wildman–Crippen MR) is 84.4 cm³/mol. The Bertz CT molecular complexity index is 355. The number of hydrogen-bond acceptors (Lipinski definition) is 4. The number of nitrogens with zero attached hydrogens (tertiary/aromatic N) is 1. The molecule has 0 atom stereocenters. The number of aliphatic imine (C=N–C) groups is 1. The SMILES string of the molecule is CN=C(NCCCCOCCOC)NCc1cccs1. The molecule has 0 fully saturated rings. The van der Waals surface area contributed by atoms with Gasteiger partial charge in [-0.3, -0.25) is 4.99 Å². The zero-order chi connectivity index (χ0) is 14.5. The van der Waals surface area contributed by atoms with Crippen LogP contribution in [-0.4, -0.2) is 46.5 Å². The van der Waals surface area contributed by atoms with Gasteiger partial charge in [0.05, 0.1) is 19.8 Å². The fourth-order valence-corrected chi connectivity index (χ4v) is 2.23. The molecule has 0 aliphatic heterocycles. The molecular formula is C14H25N3O2S. The Morgan fingerprint density at radius 3 is 2.85 bits per heavy atom. The summed E-state index contributed by atoms with van der Waals surface area (Å²) >= 11 is 1.74. The number of methoxy groups -OCH3 is 1. The minimum Gasteiger partial charge on any atom is -0.382 e. The molecule has 6 heteroatoms. The van der Waals surface area contributed by atoms with E-state index in [9.17, 15) is 0 Å². The minimum atomic E-state index is 0.664. The van der Waals surface area contributed by atoms with Gasteiger partial charge >= 0.3 is 0 Å². The van der Waals surface area contributed by atoms with Crippen LogP contribution in [0.1, 0.15) is 17.7 Å². The first-order valence-electron chi connectivity index (χ1n) is 6.90. The highest BCUT2D eigenvalue weighted by molar-refractivity contribution is 7.09. The molecule has 0 spiro atoms. The van der Waals surface area contributed by atoms with E-state index in [-0.39, 0.29) is 0 Å². The summed E-state index contributed by atoms with van der Waals surface area (Å²) in [7, 11) is 3.47. The standard InChI is InChI=1S/C14H25N3O2S/c1-15-14(17-12-13-6-5-11-20-13)16-7-3-4-8-19-10-9-18-2/h5-6,11H,3-4,7-10,12H2,1-2H3,(H2,15,16,17). The number of hydrogen-bond donors (Lipinski definition) is 2. The fraction of sp³-hybridized carbons (Fsp3) is 0.643. The van der Waals surface area contributed by atoms with Crippen LogP contribution in [0.3, 0.4) is 0 Å². The Kier molecular flexibility index (Phi) is 9.91. The molecule has 1 rings (SSSR count). The smallest absolute Gasteiger partial charge is 0.191 e. The lowest BCUT2D eigenvalue weighted by Crippen LogP contribution is -2.37. The van der Waals surface area contributed by atoms with Gasteiger partial charge in [-0.1, -0.05) is 6.07 Å². The molecule has 0 radical (unpaired) electrons. The van der Waals surface area contributed by atoms with Crippen LogP contribution in [0.4, 0.5) is 0 Å². The molecule has 2 N–H and O–H groups in total. The Balaban J connectivity index is 1.98. The van der Waals surface area contributed by atoms with Crippen molar-refractivity contribution < 1.29 is 9.47 Å². The minimum absolute atomic E-state index is 0.664. The highest BCUT2D eigenvalue weighted by Crippen LogP contribution is 2.06. The summed E-state index contributed by atoms with van der Waals surface area (Å²) in [6.07, 6.45) is 2.10. The zero-order valence-corrected chi connectivity index (χ0v) is 13.2. The summed E-state index contributed by atoms with van der Waals surface area (Å²) < 4.78 is 10.3. The number of nitrogens with one attached hydrogen (secondary N) is 2. The van der Waals surface area contributed by atoms with Crippen LogP contribution in [0.15, 0.2) is 22.5 Å². The van der Waals surface area contributed by atoms with E-state index in [4.69, 9.17) is 9.47 Å². The lowest BCUT2D eigenvalue weighted by molar-refractivity contribution is 0.0689. The topological polar surface area (TPSA) is 54.9 Å². The van der Waals surface area contributed by atoms with E-state index in [0.29, 0.717) is 13.2 Å². The summed E-state index contributed by atoms with van der Waals surface area (Å²) in [6.45, 7) is 3.84. The Morgan fingerprint density at radius 2 is 2.15 bits per heavy atom. The second-order valence-corrected chi connectivity index (χ2v) is 5.28. The second-order valence-electron chi connectivity index (χ2n) is 4.24. The van der Waals surface area contributed by atoms with Crippen molar-refractivity contribution in [3.05, 3.63) is 22.4 Å². The molecule has 0 bridgehead atoms. The maximum Gasteiger partial charge on any atom is 0.191 e. The molecule has 0 unspecified atom stereocenters. The lowest BCUT2D eigenvalue weighted by Gasteiger charge is -2.11. The molecule has 114 valence electrons. The predicted octanol–water partition coefficient (Wildman–Crippen LogP) is 1.86. The van der Waals surface area contributed by atoms with Gasteiger partial charge in [0.2, 0.25) is 0 Å². The molecule has 0 saturated heterocycles. The maximum atomic E-state index is 5.41. The number of ether oxygens (including phenoxy) is 2. The van der Waals surface area contributed by atoms with Gasteiger partial charge in [-0.05, 0) is 24.3 Å². The fourth-order valence-electron chi connectivity index (χ4n) is 1.58. The third-order valence-electron chi connectivity index (χ3n) is 2.67. The first-order valence-corrected chi connectivity index (χ1v) is 7.78. The molecule has 0 amide bonds. The van der Waals surface area contributed by atoms with Crippen molar-refractivity contribution in [3.8, 4) is 0 Å². The van der Waals surface area contributed by atoms with Gasteiger partial charge in [-0.15, -0.1) is 11.3 Å². The van der Waals surface area contributed by atoms with Gasteiger partial charge in [-0.25, -0.2) is 0 Å². The van der Waals surface area contributed by atoms with Crippen molar-refractivity contribution in [3.63, 3.8) is 0 Å². The maximum absolute atomic E-state index is 5.41. The molecule has 1 aromatic heterocycles. The van der Waals surface area contributed by atoms with Crippen molar-refractivity contribution >= 4 is 17.3 Å². The van der Waals surface area contributed by atoms with Crippen LogP contribution in [0.2, 0.25) is 0 Å². The van der Waals surface area contributed by atoms with Gasteiger partial charge in [-0.2, -0.15) is 0 Å². The van der Waals surface area contributed by atoms with Crippen LogP contribution >= 0.6 is 11.3 Å². The molecule has 5 nitrogen and oxygen atoms in total. The second kappa shape index (κ2) is 11.7. The van der Waals surface area contributed by atoms with Crippen LogP contribution < -0.4 is 10.6 Å². The molecule has 0 aromatic carbocycles. The summed E-state index contributed by atoms with van der Waals surface area (Å²) in [5.41, 5.74) is 0. The quantitative estimate of drug-likeness (QED) is 0.393. The average Bonchev–Trinajstić information content (AvgIpc) is 2.98. The summed E-state index contributed by atoms with van der Waals surface area (Å²) in [4.78, 5) is 5.50. The summed E-state index contributed by atoms with van der Waals surface area (Å²) in [5, 5.41) is 8.67. The molecule has 1 aromatic rings. The van der Waals surface area contributed by atoms with Crippen molar-refractivity contribution in [2.24, 2.45) is 4.99 Å². The monoisotopic (exact) mass is 299 g/mol. The van der Waals surface area contributed by atoms with Gasteiger partial charge in [0.1, 0.15) is 0 Å². The van der Waals surface area contributed by atoms with E-state index < -0.39 is 0 Å². The third-order valence-corrected chi connectivity index (χ3v) is 3.55. The van der Waals surface area contributed by atoms with Crippen molar-refractivity contribution in [1.29, 1.82) is 0 Å². The average molecular weight is 299 g/mol. The Labute approximate surface area is 125 Å². The zero-order valence-electron chi connectivity index (χ0n) is 12.4. The van der Waals surface area contributed by atoms with E-state index in [1.165, 1.54) is 4.88 Å². The first kappa shape index (κ1) is 16.9. The highest BCUT2D eigenvalue weighted by Gasteiger charge is 1.98. The molecule has 1 heterocycles. The lowest BCUT2D eigenvalue weighted by atomic mass is 10.3. The molecular weight excluding hydrogens is 274 g/mol. The first-order chi connectivity index (χ1) is 9.86. The summed E-state index contributed by atoms with van der Waals surface area (Å²) in [5.74, 6) is 0.846. The number of thiophene rings is 1. The van der Waals surface area contributed by atoms with E-state index in [0.717, 1.165) is 38.5 Å². The van der Waals surface area contributed by atoms with Crippen molar-refractivity contribution in [2.75, 3.05) is 40.5 Å². The van der Waals surface area contributed by atoms with Crippen LogP contribution in [0, 0.1) is 0 Å². The van der Waals surface area contributed by atoms with Crippen LogP contribution in [-0.2, 0) is 16.0 Å². The van der Waals surface area contributed by atoms with E-state index in [2.05, 4.69) is 33.1 Å². The normalized spacial score (nSPS) is 11.6. The highest BCUT2D eigenvalue weighted by atomic mass is 32.1. The van der Waals surface area contributed by atoms with Crippen LogP contribution in [0.5, 0.6) is 0 Å². The van der Waals surface area contributed by atoms with Gasteiger partial charge in [0.25, 0.3) is 0 Å². The van der Waals surface area contributed by atoms with Crippen molar-refractivity contribution in [1.82, 2.24) is 10.6 Å². The molecule has 0 aliphatic rings. The number of guanidine groups is 1. The van der Waals surface area contributed by atoms with Crippen molar-refractivity contribution in [2.45, 2.75) is 19.4 Å². The van der Waals surface area contributed by atoms with E-state index in [1.807, 2.05) is 0 Å². The van der Waals surface area contributed by atoms with Crippen LogP contribution in [0.25, 0.3) is 0 Å². The largest absolute Gasteiger partial charge is 0.382 e. The Morgan fingerprint density at radius 1 is 1.25 bits per heavy atom. The number of unbranched alkanes of at least 4 members (excludes halogenated alkanes) is 1. The summed E-state index contributed by atoms with van der Waals surface area (Å²) in [6, 6.07) is 4.17. The van der Waals surface area contributed by atoms with E-state index >= 15 is 0 Å². The van der Waals surface area contributed by atoms with E-state index in [1.54, 1.807) is 25.5 Å². The molecule has 20 heavy (non-hydrogen) atoms. The van der Waals surface area contributed by atoms with Gasteiger partial charge in [0.15, 0.2) is 5.96 Å². The molecule has 0 saturated carbocycles. The third kappa shape index (κ3) is 8.14.